The van der Waals surface area contributed by atoms with Crippen molar-refractivity contribution in [1.29, 1.82) is 0 Å². The highest BCUT2D eigenvalue weighted by molar-refractivity contribution is 7.88. The second-order valence-corrected chi connectivity index (χ2v) is 8.61. The summed E-state index contributed by atoms with van der Waals surface area (Å²) >= 11 is 0. The van der Waals surface area contributed by atoms with E-state index in [1.165, 1.54) is 14.1 Å². The number of carbonyl (C=O) groups is 3. The Hall–Kier alpha value is -2.46. The van der Waals surface area contributed by atoms with Crippen molar-refractivity contribution >= 4 is 33.6 Å². The molecule has 2 aliphatic rings. The minimum Gasteiger partial charge on any atom is -0.338 e. The lowest BCUT2D eigenvalue weighted by Crippen LogP contribution is -2.53. The van der Waals surface area contributed by atoms with Gasteiger partial charge < -0.3 is 4.90 Å². The molecule has 0 saturated carbocycles. The Morgan fingerprint density at radius 1 is 1.07 bits per heavy atom. The quantitative estimate of drug-likeness (QED) is 0.667. The number of sulfonamides is 1. The molecule has 10 heteroatoms. The van der Waals surface area contributed by atoms with Gasteiger partial charge in [-0.25, -0.2) is 13.2 Å². The fraction of sp³-hybridized carbons (Fsp3) is 0.471. The molecule has 3 rings (SSSR count). The van der Waals surface area contributed by atoms with Gasteiger partial charge in [0.1, 0.15) is 12.6 Å². The molecule has 2 fully saturated rings. The smallest absolute Gasteiger partial charge is 0.332 e. The van der Waals surface area contributed by atoms with E-state index in [4.69, 9.17) is 0 Å². The van der Waals surface area contributed by atoms with Gasteiger partial charge >= 0.3 is 6.03 Å². The number of imide groups is 1. The summed E-state index contributed by atoms with van der Waals surface area (Å²) in [5.74, 6) is -0.793. The van der Waals surface area contributed by atoms with E-state index in [2.05, 4.69) is 0 Å². The van der Waals surface area contributed by atoms with Crippen molar-refractivity contribution in [3.05, 3.63) is 30.3 Å². The number of nitrogens with zero attached hydrogens (tertiary/aromatic N) is 4. The molecule has 0 N–H and O–H groups in total. The molecule has 9 nitrogen and oxygen atoms in total. The zero-order chi connectivity index (χ0) is 19.8. The maximum atomic E-state index is 12.7. The minimum absolute atomic E-state index is 0.207. The van der Waals surface area contributed by atoms with Crippen LogP contribution in [0.4, 0.5) is 10.5 Å². The first-order valence-electron chi connectivity index (χ1n) is 8.62. The molecule has 0 aliphatic carbocycles. The van der Waals surface area contributed by atoms with Crippen LogP contribution in [0.3, 0.4) is 0 Å². The first kappa shape index (κ1) is 19.3. The maximum absolute atomic E-state index is 12.7. The summed E-state index contributed by atoms with van der Waals surface area (Å²) < 4.78 is 24.4. The van der Waals surface area contributed by atoms with Gasteiger partial charge in [-0.15, -0.1) is 0 Å². The van der Waals surface area contributed by atoms with Gasteiger partial charge in [0.2, 0.25) is 15.9 Å². The van der Waals surface area contributed by atoms with Crippen LogP contribution in [0.2, 0.25) is 0 Å². The number of urea groups is 1. The molecule has 4 amide bonds. The van der Waals surface area contributed by atoms with Crippen LogP contribution in [0.1, 0.15) is 6.92 Å². The molecule has 0 bridgehead atoms. The van der Waals surface area contributed by atoms with Crippen molar-refractivity contribution in [2.45, 2.75) is 13.0 Å². The topological polar surface area (TPSA) is 98.3 Å². The standard InChI is InChI=1S/C17H22N4O5S/c1-13-16(23)20(17(24)21(13)14-6-4-3-5-7-14)12-15(22)18-8-10-19(11-9-18)27(2,25)26/h3-7,13H,8-12H2,1-2H3/t13-/m0/s1. The number of hydrogen-bond acceptors (Lipinski definition) is 5. The van der Waals surface area contributed by atoms with Crippen LogP contribution >= 0.6 is 0 Å². The van der Waals surface area contributed by atoms with E-state index >= 15 is 0 Å². The third kappa shape index (κ3) is 3.81. The summed E-state index contributed by atoms with van der Waals surface area (Å²) in [7, 11) is -3.29. The third-order valence-electron chi connectivity index (χ3n) is 4.84. The van der Waals surface area contributed by atoms with Gasteiger partial charge in [-0.2, -0.15) is 4.31 Å². The first-order valence-corrected chi connectivity index (χ1v) is 10.5. The van der Waals surface area contributed by atoms with Crippen LogP contribution in [0, 0.1) is 0 Å². The normalized spacial score (nSPS) is 21.9. The molecular formula is C17H22N4O5S. The van der Waals surface area contributed by atoms with E-state index in [0.717, 1.165) is 11.2 Å². The molecule has 146 valence electrons. The third-order valence-corrected chi connectivity index (χ3v) is 6.14. The van der Waals surface area contributed by atoms with Crippen LogP contribution in [0.25, 0.3) is 0 Å². The molecular weight excluding hydrogens is 372 g/mol. The molecule has 1 aromatic carbocycles. The number of benzene rings is 1. The van der Waals surface area contributed by atoms with E-state index in [1.54, 1.807) is 31.2 Å². The van der Waals surface area contributed by atoms with Crippen molar-refractivity contribution < 1.29 is 22.8 Å². The lowest BCUT2D eigenvalue weighted by Gasteiger charge is -2.33. The van der Waals surface area contributed by atoms with Gasteiger partial charge in [0.05, 0.1) is 6.26 Å². The summed E-state index contributed by atoms with van der Waals surface area (Å²) in [6, 6.07) is 7.61. The second kappa shape index (κ2) is 7.28. The monoisotopic (exact) mass is 394 g/mol. The van der Waals surface area contributed by atoms with E-state index < -0.39 is 28.0 Å². The molecule has 1 aromatic rings. The number of amides is 4. The van der Waals surface area contributed by atoms with Crippen LogP contribution < -0.4 is 4.90 Å². The van der Waals surface area contributed by atoms with Crippen LogP contribution in [0.15, 0.2) is 30.3 Å². The number of rotatable bonds is 4. The highest BCUT2D eigenvalue weighted by Crippen LogP contribution is 2.25. The van der Waals surface area contributed by atoms with Crippen LogP contribution in [-0.2, 0) is 19.6 Å². The van der Waals surface area contributed by atoms with Gasteiger partial charge in [-0.05, 0) is 19.1 Å². The lowest BCUT2D eigenvalue weighted by molar-refractivity contribution is -0.137. The fourth-order valence-electron chi connectivity index (χ4n) is 3.30. The number of para-hydroxylation sites is 1. The van der Waals surface area contributed by atoms with Gasteiger partial charge in [0.15, 0.2) is 0 Å². The Kier molecular flexibility index (Phi) is 5.20. The summed E-state index contributed by atoms with van der Waals surface area (Å²) in [6.07, 6.45) is 1.13. The highest BCUT2D eigenvalue weighted by Gasteiger charge is 2.44. The zero-order valence-electron chi connectivity index (χ0n) is 15.2. The summed E-state index contributed by atoms with van der Waals surface area (Å²) in [5.41, 5.74) is 0.597. The number of anilines is 1. The van der Waals surface area contributed by atoms with E-state index in [1.807, 2.05) is 6.07 Å². The molecule has 0 aromatic heterocycles. The summed E-state index contributed by atoms with van der Waals surface area (Å²) in [5, 5.41) is 0. The van der Waals surface area contributed by atoms with E-state index in [0.29, 0.717) is 5.69 Å². The van der Waals surface area contributed by atoms with Crippen molar-refractivity contribution in [3.63, 3.8) is 0 Å². The Labute approximate surface area is 158 Å². The van der Waals surface area contributed by atoms with Crippen LogP contribution in [-0.4, -0.2) is 85.4 Å². The SMILES string of the molecule is C[C@H]1C(=O)N(CC(=O)N2CCN(S(C)(=O)=O)CC2)C(=O)N1c1ccccc1. The van der Waals surface area contributed by atoms with Crippen molar-refractivity contribution in [3.8, 4) is 0 Å². The second-order valence-electron chi connectivity index (χ2n) is 6.63. The maximum Gasteiger partial charge on any atom is 0.332 e. The van der Waals surface area contributed by atoms with Gasteiger partial charge in [-0.1, -0.05) is 18.2 Å². The molecule has 0 spiro atoms. The summed E-state index contributed by atoms with van der Waals surface area (Å²) in [6.45, 7) is 2.17. The van der Waals surface area contributed by atoms with Crippen LogP contribution in [0.5, 0.6) is 0 Å². The van der Waals surface area contributed by atoms with Crippen molar-refractivity contribution in [2.75, 3.05) is 43.9 Å². The van der Waals surface area contributed by atoms with E-state index in [-0.39, 0.29) is 38.6 Å². The zero-order valence-corrected chi connectivity index (χ0v) is 16.1. The minimum atomic E-state index is -3.29. The fourth-order valence-corrected chi connectivity index (χ4v) is 4.13. The average molecular weight is 394 g/mol. The molecule has 2 saturated heterocycles. The molecule has 2 aliphatic heterocycles. The van der Waals surface area contributed by atoms with Gasteiger partial charge in [0.25, 0.3) is 5.91 Å². The summed E-state index contributed by atoms with van der Waals surface area (Å²) in [4.78, 5) is 41.6. The molecule has 0 radical (unpaired) electrons. The number of hydrogen-bond donors (Lipinski definition) is 0. The molecule has 1 atom stereocenters. The Bertz CT molecular complexity index is 849. The Morgan fingerprint density at radius 3 is 2.22 bits per heavy atom. The first-order chi connectivity index (χ1) is 12.7. The molecule has 2 heterocycles. The Morgan fingerprint density at radius 2 is 1.67 bits per heavy atom. The Balaban J connectivity index is 1.66. The predicted octanol–water partition coefficient (Wildman–Crippen LogP) is -0.0525. The van der Waals surface area contributed by atoms with Gasteiger partial charge in [-0.3, -0.25) is 19.4 Å². The predicted molar refractivity (Wildman–Crippen MR) is 98.5 cm³/mol. The van der Waals surface area contributed by atoms with E-state index in [9.17, 15) is 22.8 Å². The van der Waals surface area contributed by atoms with Crippen molar-refractivity contribution in [2.24, 2.45) is 0 Å². The lowest BCUT2D eigenvalue weighted by atomic mass is 10.2. The largest absolute Gasteiger partial charge is 0.338 e. The number of piperazine rings is 1. The highest BCUT2D eigenvalue weighted by atomic mass is 32.2. The molecule has 0 unspecified atom stereocenters. The van der Waals surface area contributed by atoms with Crippen molar-refractivity contribution in [1.82, 2.24) is 14.1 Å². The number of carbonyl (C=O) groups excluding carboxylic acids is 3. The molecule has 27 heavy (non-hydrogen) atoms. The van der Waals surface area contributed by atoms with Gasteiger partial charge in [0, 0.05) is 31.9 Å². The average Bonchev–Trinajstić information content (AvgIpc) is 2.85.